The number of H-pyrrole nitrogens is 1. The summed E-state index contributed by atoms with van der Waals surface area (Å²) in [6.07, 6.45) is 8.62. The van der Waals surface area contributed by atoms with Crippen LogP contribution in [0.15, 0.2) is 42.6 Å². The zero-order valence-electron chi connectivity index (χ0n) is 13.2. The van der Waals surface area contributed by atoms with E-state index in [1.807, 2.05) is 6.08 Å². The Morgan fingerprint density at radius 1 is 1.35 bits per heavy atom. The molecule has 0 radical (unpaired) electrons. The van der Waals surface area contributed by atoms with Crippen molar-refractivity contribution >= 4 is 16.8 Å². The van der Waals surface area contributed by atoms with Crippen molar-refractivity contribution in [3.63, 3.8) is 0 Å². The lowest BCUT2D eigenvalue weighted by Crippen LogP contribution is -2.34. The van der Waals surface area contributed by atoms with Crippen molar-refractivity contribution in [1.82, 2.24) is 15.4 Å². The summed E-state index contributed by atoms with van der Waals surface area (Å²) in [5.74, 6) is -0.0246. The maximum Gasteiger partial charge on any atom is 0.267 e. The van der Waals surface area contributed by atoms with Crippen molar-refractivity contribution in [2.24, 2.45) is 5.92 Å². The monoisotopic (exact) mass is 313 g/mol. The number of piperidine rings is 1. The molecule has 0 unspecified atom stereocenters. The minimum Gasteiger partial charge on any atom is -0.361 e. The summed E-state index contributed by atoms with van der Waals surface area (Å²) in [6.45, 7) is 3.17. The standard InChI is InChI=1S/C18H23N3O2/c22-18(20-23)6-5-14-7-10-21(11-8-14)12-9-15-13-19-17-4-2-1-3-16(15)17/h1-6,13-14,19,23H,7-12H2,(H,20,22)/b6-5+. The van der Waals surface area contributed by atoms with Crippen LogP contribution in [0.3, 0.4) is 0 Å². The number of para-hydroxylation sites is 1. The van der Waals surface area contributed by atoms with E-state index in [-0.39, 0.29) is 0 Å². The number of likely N-dealkylation sites (tertiary alicyclic amines) is 1. The van der Waals surface area contributed by atoms with Crippen LogP contribution < -0.4 is 5.48 Å². The van der Waals surface area contributed by atoms with Crippen LogP contribution in [-0.4, -0.2) is 40.6 Å². The third kappa shape index (κ3) is 4.00. The number of carbonyl (C=O) groups excluding carboxylic acids is 1. The van der Waals surface area contributed by atoms with Crippen LogP contribution >= 0.6 is 0 Å². The molecule has 1 fully saturated rings. The molecule has 1 aromatic heterocycles. The Hall–Kier alpha value is -2.11. The van der Waals surface area contributed by atoms with Crippen molar-refractivity contribution in [2.45, 2.75) is 19.3 Å². The number of hydrogen-bond acceptors (Lipinski definition) is 3. The fourth-order valence-corrected chi connectivity index (χ4v) is 3.25. The number of benzene rings is 1. The minimum absolute atomic E-state index is 0.427. The first-order valence-electron chi connectivity index (χ1n) is 8.16. The second kappa shape index (κ2) is 7.44. The Morgan fingerprint density at radius 3 is 2.91 bits per heavy atom. The minimum atomic E-state index is -0.452. The highest BCUT2D eigenvalue weighted by Gasteiger charge is 2.17. The zero-order chi connectivity index (χ0) is 16.1. The number of hydrogen-bond donors (Lipinski definition) is 3. The van der Waals surface area contributed by atoms with Crippen LogP contribution in [0, 0.1) is 5.92 Å². The molecule has 5 heteroatoms. The van der Waals surface area contributed by atoms with E-state index in [1.165, 1.54) is 22.5 Å². The van der Waals surface area contributed by atoms with Crippen LogP contribution in [-0.2, 0) is 11.2 Å². The number of aromatic nitrogens is 1. The lowest BCUT2D eigenvalue weighted by molar-refractivity contribution is -0.124. The first-order valence-corrected chi connectivity index (χ1v) is 8.16. The number of fused-ring (bicyclic) bond motifs is 1. The van der Waals surface area contributed by atoms with Gasteiger partial charge in [-0.2, -0.15) is 0 Å². The first-order chi connectivity index (χ1) is 11.3. The molecule has 2 heterocycles. The molecule has 0 bridgehead atoms. The Kier molecular flexibility index (Phi) is 5.10. The van der Waals surface area contributed by atoms with Gasteiger partial charge in [-0.1, -0.05) is 24.3 Å². The van der Waals surface area contributed by atoms with Crippen molar-refractivity contribution in [3.05, 3.63) is 48.2 Å². The van der Waals surface area contributed by atoms with Gasteiger partial charge in [0.1, 0.15) is 0 Å². The van der Waals surface area contributed by atoms with E-state index in [9.17, 15) is 4.79 Å². The quantitative estimate of drug-likeness (QED) is 0.451. The normalized spacial score (nSPS) is 17.1. The summed E-state index contributed by atoms with van der Waals surface area (Å²) in [5.41, 5.74) is 4.20. The number of aromatic amines is 1. The molecular formula is C18H23N3O2. The average molecular weight is 313 g/mol. The molecule has 1 aromatic carbocycles. The lowest BCUT2D eigenvalue weighted by atomic mass is 9.96. The molecule has 0 atom stereocenters. The van der Waals surface area contributed by atoms with Gasteiger partial charge in [0, 0.05) is 29.7 Å². The largest absolute Gasteiger partial charge is 0.361 e. The highest BCUT2D eigenvalue weighted by molar-refractivity contribution is 5.86. The van der Waals surface area contributed by atoms with Crippen LogP contribution in [0.1, 0.15) is 18.4 Å². The number of amides is 1. The number of carbonyl (C=O) groups is 1. The fraction of sp³-hybridized carbons (Fsp3) is 0.389. The van der Waals surface area contributed by atoms with Gasteiger partial charge < -0.3 is 9.88 Å². The van der Waals surface area contributed by atoms with Gasteiger partial charge >= 0.3 is 0 Å². The highest BCUT2D eigenvalue weighted by atomic mass is 16.5. The molecule has 1 aliphatic heterocycles. The predicted octanol–water partition coefficient (Wildman–Crippen LogP) is 2.48. The first kappa shape index (κ1) is 15.8. The summed E-state index contributed by atoms with van der Waals surface area (Å²) in [7, 11) is 0. The fourth-order valence-electron chi connectivity index (χ4n) is 3.25. The van der Waals surface area contributed by atoms with E-state index >= 15 is 0 Å². The molecule has 0 saturated carbocycles. The number of rotatable bonds is 5. The summed E-state index contributed by atoms with van der Waals surface area (Å²) >= 11 is 0. The topological polar surface area (TPSA) is 68.4 Å². The number of nitrogens with one attached hydrogen (secondary N) is 2. The Morgan fingerprint density at radius 2 is 2.13 bits per heavy atom. The van der Waals surface area contributed by atoms with Crippen molar-refractivity contribution < 1.29 is 10.0 Å². The molecule has 1 saturated heterocycles. The molecule has 5 nitrogen and oxygen atoms in total. The van der Waals surface area contributed by atoms with E-state index in [0.717, 1.165) is 38.9 Å². The molecular weight excluding hydrogens is 290 g/mol. The summed E-state index contributed by atoms with van der Waals surface area (Å²) in [6, 6.07) is 8.42. The van der Waals surface area contributed by atoms with Crippen LogP contribution in [0.5, 0.6) is 0 Å². The summed E-state index contributed by atoms with van der Waals surface area (Å²) < 4.78 is 0. The van der Waals surface area contributed by atoms with E-state index in [0.29, 0.717) is 5.92 Å². The van der Waals surface area contributed by atoms with Gasteiger partial charge in [-0.15, -0.1) is 0 Å². The second-order valence-corrected chi connectivity index (χ2v) is 6.12. The van der Waals surface area contributed by atoms with E-state index < -0.39 is 5.91 Å². The van der Waals surface area contributed by atoms with Gasteiger partial charge in [0.05, 0.1) is 0 Å². The van der Waals surface area contributed by atoms with Gasteiger partial charge in [0.25, 0.3) is 5.91 Å². The molecule has 2 aromatic rings. The van der Waals surface area contributed by atoms with Gasteiger partial charge in [-0.3, -0.25) is 10.0 Å². The van der Waals surface area contributed by atoms with Crippen molar-refractivity contribution in [2.75, 3.05) is 19.6 Å². The van der Waals surface area contributed by atoms with Gasteiger partial charge in [0.2, 0.25) is 0 Å². The number of hydroxylamine groups is 1. The Balaban J connectivity index is 1.48. The van der Waals surface area contributed by atoms with Crippen LogP contribution in [0.2, 0.25) is 0 Å². The van der Waals surface area contributed by atoms with E-state index in [1.54, 1.807) is 5.48 Å². The SMILES string of the molecule is O=C(/C=C/C1CCN(CCc2c[nH]c3ccccc23)CC1)NO. The second-order valence-electron chi connectivity index (χ2n) is 6.12. The summed E-state index contributed by atoms with van der Waals surface area (Å²) in [4.78, 5) is 16.8. The van der Waals surface area contributed by atoms with Crippen molar-refractivity contribution in [1.29, 1.82) is 0 Å². The van der Waals surface area contributed by atoms with Crippen molar-refractivity contribution in [3.8, 4) is 0 Å². The molecule has 0 spiro atoms. The molecule has 3 N–H and O–H groups in total. The highest BCUT2D eigenvalue weighted by Crippen LogP contribution is 2.21. The number of nitrogens with zero attached hydrogens (tertiary/aromatic N) is 1. The van der Waals surface area contributed by atoms with E-state index in [2.05, 4.69) is 40.3 Å². The Labute approximate surface area is 135 Å². The molecule has 122 valence electrons. The molecule has 1 amide bonds. The smallest absolute Gasteiger partial charge is 0.267 e. The van der Waals surface area contributed by atoms with Gasteiger partial charge in [-0.25, -0.2) is 5.48 Å². The third-order valence-corrected chi connectivity index (χ3v) is 4.63. The van der Waals surface area contributed by atoms with E-state index in [4.69, 9.17) is 5.21 Å². The molecule has 1 aliphatic rings. The molecule has 0 aliphatic carbocycles. The van der Waals surface area contributed by atoms with Gasteiger partial charge in [-0.05, 0) is 49.9 Å². The maximum atomic E-state index is 11.0. The Bertz CT molecular complexity index is 684. The third-order valence-electron chi connectivity index (χ3n) is 4.63. The average Bonchev–Trinajstić information content (AvgIpc) is 3.02. The summed E-state index contributed by atoms with van der Waals surface area (Å²) in [5, 5.41) is 9.80. The van der Waals surface area contributed by atoms with Crippen LogP contribution in [0.4, 0.5) is 0 Å². The predicted molar refractivity (Wildman–Crippen MR) is 90.2 cm³/mol. The maximum absolute atomic E-state index is 11.0. The lowest BCUT2D eigenvalue weighted by Gasteiger charge is -2.30. The number of allylic oxidation sites excluding steroid dienone is 1. The molecule has 3 rings (SSSR count). The van der Waals surface area contributed by atoms with Crippen LogP contribution in [0.25, 0.3) is 10.9 Å². The zero-order valence-corrected chi connectivity index (χ0v) is 13.2. The molecule has 23 heavy (non-hydrogen) atoms. The van der Waals surface area contributed by atoms with Gasteiger partial charge in [0.15, 0.2) is 0 Å².